The van der Waals surface area contributed by atoms with Gasteiger partial charge in [-0.05, 0) is 25.1 Å². The van der Waals surface area contributed by atoms with E-state index in [-0.39, 0.29) is 16.2 Å². The predicted octanol–water partition coefficient (Wildman–Crippen LogP) is 3.00. The van der Waals surface area contributed by atoms with Gasteiger partial charge in [0.2, 0.25) is 5.78 Å². The Bertz CT molecular complexity index is 1100. The lowest BCUT2D eigenvalue weighted by Crippen LogP contribution is -2.25. The number of para-hydroxylation sites is 1. The number of nitrogens with one attached hydrogen (secondary N) is 1. The number of aromatic nitrogens is 1. The van der Waals surface area contributed by atoms with Gasteiger partial charge in [0.05, 0.1) is 10.5 Å². The highest BCUT2D eigenvalue weighted by Gasteiger charge is 2.25. The topological polar surface area (TPSA) is 93.3 Å². The number of esters is 1. The minimum Gasteiger partial charge on any atom is -0.451 e. The molecule has 0 unspecified atom stereocenters. The number of sulfone groups is 1. The largest absolute Gasteiger partial charge is 0.451 e. The average molecular weight is 371 g/mol. The molecule has 6 nitrogen and oxygen atoms in total. The van der Waals surface area contributed by atoms with Gasteiger partial charge < -0.3 is 9.72 Å². The zero-order chi connectivity index (χ0) is 18.9. The maximum absolute atomic E-state index is 12.7. The minimum absolute atomic E-state index is 0.0893. The lowest BCUT2D eigenvalue weighted by molar-refractivity contribution is 0.0315. The van der Waals surface area contributed by atoms with Crippen LogP contribution in [0.3, 0.4) is 0 Å². The van der Waals surface area contributed by atoms with Crippen molar-refractivity contribution in [1.82, 2.24) is 4.98 Å². The van der Waals surface area contributed by atoms with Crippen molar-refractivity contribution in [3.63, 3.8) is 0 Å². The summed E-state index contributed by atoms with van der Waals surface area (Å²) in [7, 11) is -3.60. The molecule has 3 rings (SSSR count). The van der Waals surface area contributed by atoms with Crippen molar-refractivity contribution in [2.24, 2.45) is 0 Å². The number of hydrogen-bond acceptors (Lipinski definition) is 5. The fourth-order valence-corrected chi connectivity index (χ4v) is 3.61. The number of ketones is 1. The van der Waals surface area contributed by atoms with Gasteiger partial charge in [0, 0.05) is 28.9 Å². The van der Waals surface area contributed by atoms with Crippen LogP contribution in [0.25, 0.3) is 10.9 Å². The third-order valence-corrected chi connectivity index (χ3v) is 5.17. The van der Waals surface area contributed by atoms with E-state index < -0.39 is 21.9 Å². The van der Waals surface area contributed by atoms with Crippen molar-refractivity contribution in [3.8, 4) is 0 Å². The Morgan fingerprint density at radius 3 is 2.38 bits per heavy atom. The van der Waals surface area contributed by atoms with Gasteiger partial charge in [0.15, 0.2) is 15.9 Å². The van der Waals surface area contributed by atoms with Crippen LogP contribution >= 0.6 is 0 Å². The van der Waals surface area contributed by atoms with E-state index in [1.54, 1.807) is 12.3 Å². The fraction of sp³-hybridized carbons (Fsp3) is 0.158. The van der Waals surface area contributed by atoms with Gasteiger partial charge in [-0.25, -0.2) is 13.2 Å². The highest BCUT2D eigenvalue weighted by atomic mass is 32.2. The SMILES string of the molecule is C[C@@H](OC(=O)c1ccccc1S(C)(=O)=O)C(=O)c1c[nH]c2ccccc12. The predicted molar refractivity (Wildman–Crippen MR) is 97.1 cm³/mol. The zero-order valence-electron chi connectivity index (χ0n) is 14.2. The normalized spacial score (nSPS) is 12.7. The van der Waals surface area contributed by atoms with Crippen molar-refractivity contribution in [2.45, 2.75) is 17.9 Å². The molecule has 0 aliphatic carbocycles. The molecule has 134 valence electrons. The molecule has 0 saturated carbocycles. The van der Waals surface area contributed by atoms with Crippen molar-refractivity contribution in [1.29, 1.82) is 0 Å². The van der Waals surface area contributed by atoms with Crippen LogP contribution in [0.4, 0.5) is 0 Å². The first-order valence-electron chi connectivity index (χ1n) is 7.89. The fourth-order valence-electron chi connectivity index (χ4n) is 2.73. The lowest BCUT2D eigenvalue weighted by atomic mass is 10.1. The molecule has 1 heterocycles. The molecular formula is C19H17NO5S. The monoisotopic (exact) mass is 371 g/mol. The van der Waals surface area contributed by atoms with Crippen LogP contribution in [0, 0.1) is 0 Å². The standard InChI is InChI=1S/C19H17NO5S/c1-12(18(21)15-11-20-16-9-5-3-7-13(15)16)25-19(22)14-8-4-6-10-17(14)26(2,23)24/h3-12,20H,1-2H3/t12-/m1/s1. The number of aromatic amines is 1. The molecule has 7 heteroatoms. The Labute approximate surface area is 150 Å². The second-order valence-electron chi connectivity index (χ2n) is 5.93. The first-order valence-corrected chi connectivity index (χ1v) is 9.78. The van der Waals surface area contributed by atoms with E-state index in [4.69, 9.17) is 4.74 Å². The van der Waals surface area contributed by atoms with Crippen LogP contribution in [0.1, 0.15) is 27.6 Å². The summed E-state index contributed by atoms with van der Waals surface area (Å²) in [5.74, 6) is -1.22. The number of fused-ring (bicyclic) bond motifs is 1. The van der Waals surface area contributed by atoms with E-state index in [9.17, 15) is 18.0 Å². The Morgan fingerprint density at radius 2 is 1.65 bits per heavy atom. The summed E-state index contributed by atoms with van der Waals surface area (Å²) in [5.41, 5.74) is 1.13. The first kappa shape index (κ1) is 17.9. The molecule has 0 saturated heterocycles. The highest BCUT2D eigenvalue weighted by Crippen LogP contribution is 2.21. The van der Waals surface area contributed by atoms with Crippen LogP contribution in [0.2, 0.25) is 0 Å². The van der Waals surface area contributed by atoms with E-state index in [0.29, 0.717) is 5.56 Å². The minimum atomic E-state index is -3.60. The quantitative estimate of drug-likeness (QED) is 0.550. The number of ether oxygens (including phenoxy) is 1. The molecule has 0 aliphatic heterocycles. The van der Waals surface area contributed by atoms with Gasteiger partial charge in [-0.2, -0.15) is 0 Å². The molecular weight excluding hydrogens is 354 g/mol. The summed E-state index contributed by atoms with van der Waals surface area (Å²) >= 11 is 0. The second-order valence-corrected chi connectivity index (χ2v) is 7.91. The molecule has 0 fully saturated rings. The third-order valence-electron chi connectivity index (χ3n) is 4.01. The summed E-state index contributed by atoms with van der Waals surface area (Å²) in [6, 6.07) is 13.0. The smallest absolute Gasteiger partial charge is 0.340 e. The number of benzene rings is 2. The number of carbonyl (C=O) groups is 2. The Morgan fingerprint density at radius 1 is 1.00 bits per heavy atom. The maximum Gasteiger partial charge on any atom is 0.340 e. The maximum atomic E-state index is 12.7. The molecule has 0 aliphatic rings. The van der Waals surface area contributed by atoms with Gasteiger partial charge in [-0.15, -0.1) is 0 Å². The van der Waals surface area contributed by atoms with Crippen LogP contribution in [-0.2, 0) is 14.6 Å². The van der Waals surface area contributed by atoms with Crippen LogP contribution < -0.4 is 0 Å². The highest BCUT2D eigenvalue weighted by molar-refractivity contribution is 7.90. The molecule has 3 aromatic rings. The van der Waals surface area contributed by atoms with Crippen molar-refractivity contribution in [2.75, 3.05) is 6.26 Å². The summed E-state index contributed by atoms with van der Waals surface area (Å²) in [6.45, 7) is 1.46. The average Bonchev–Trinajstić information content (AvgIpc) is 3.04. The molecule has 26 heavy (non-hydrogen) atoms. The van der Waals surface area contributed by atoms with Gasteiger partial charge in [0.1, 0.15) is 0 Å². The Kier molecular flexibility index (Phi) is 4.65. The van der Waals surface area contributed by atoms with Crippen LogP contribution in [-0.4, -0.2) is 37.5 Å². The Balaban J connectivity index is 1.85. The summed E-state index contributed by atoms with van der Waals surface area (Å²) in [5, 5.41) is 0.733. The van der Waals surface area contributed by atoms with Crippen molar-refractivity contribution in [3.05, 3.63) is 65.9 Å². The number of hydrogen-bond donors (Lipinski definition) is 1. The van der Waals surface area contributed by atoms with E-state index in [2.05, 4.69) is 4.98 Å². The van der Waals surface area contributed by atoms with Gasteiger partial charge in [-0.1, -0.05) is 30.3 Å². The molecule has 2 aromatic carbocycles. The van der Waals surface area contributed by atoms with Crippen LogP contribution in [0.5, 0.6) is 0 Å². The molecule has 1 atom stereocenters. The molecule has 0 bridgehead atoms. The number of carbonyl (C=O) groups excluding carboxylic acids is 2. The second kappa shape index (κ2) is 6.76. The lowest BCUT2D eigenvalue weighted by Gasteiger charge is -2.13. The van der Waals surface area contributed by atoms with Gasteiger partial charge in [-0.3, -0.25) is 4.79 Å². The summed E-state index contributed by atoms with van der Waals surface area (Å²) in [6.07, 6.45) is 1.52. The Hall–Kier alpha value is -2.93. The molecule has 0 amide bonds. The van der Waals surface area contributed by atoms with Crippen LogP contribution in [0.15, 0.2) is 59.6 Å². The van der Waals surface area contributed by atoms with Crippen molar-refractivity contribution < 1.29 is 22.7 Å². The van der Waals surface area contributed by atoms with E-state index >= 15 is 0 Å². The molecule has 1 aromatic heterocycles. The number of rotatable bonds is 5. The van der Waals surface area contributed by atoms with Gasteiger partial charge in [0.25, 0.3) is 0 Å². The summed E-state index contributed by atoms with van der Waals surface area (Å²) < 4.78 is 28.9. The molecule has 0 spiro atoms. The third kappa shape index (κ3) is 3.39. The number of H-pyrrole nitrogens is 1. The van der Waals surface area contributed by atoms with E-state index in [1.807, 2.05) is 18.2 Å². The van der Waals surface area contributed by atoms with Crippen molar-refractivity contribution >= 4 is 32.5 Å². The van der Waals surface area contributed by atoms with E-state index in [0.717, 1.165) is 17.2 Å². The van der Waals surface area contributed by atoms with E-state index in [1.165, 1.54) is 31.2 Å². The molecule has 0 radical (unpaired) electrons. The molecule has 1 N–H and O–H groups in total. The number of Topliss-reactive ketones (excluding diaryl/α,β-unsaturated/α-hetero) is 1. The zero-order valence-corrected chi connectivity index (χ0v) is 15.0. The first-order chi connectivity index (χ1) is 12.3. The summed E-state index contributed by atoms with van der Waals surface area (Å²) in [4.78, 5) is 27.9. The van der Waals surface area contributed by atoms with Gasteiger partial charge >= 0.3 is 5.97 Å².